The molecule has 0 aromatic rings. The molecule has 1 unspecified atom stereocenters. The lowest BCUT2D eigenvalue weighted by Crippen LogP contribution is -2.45. The molecule has 19 heavy (non-hydrogen) atoms. The number of carbonyl (C=O) groups excluding carboxylic acids is 1. The molecule has 0 spiro atoms. The van der Waals surface area contributed by atoms with Crippen molar-refractivity contribution < 1.29 is 22.1 Å². The summed E-state index contributed by atoms with van der Waals surface area (Å²) < 4.78 is 32.8. The summed E-state index contributed by atoms with van der Waals surface area (Å²) >= 11 is 0. The molecule has 1 saturated heterocycles. The van der Waals surface area contributed by atoms with Crippen LogP contribution in [0.2, 0.25) is 0 Å². The van der Waals surface area contributed by atoms with Gasteiger partial charge in [0.2, 0.25) is 0 Å². The first kappa shape index (κ1) is 16.2. The average molecular weight is 293 g/mol. The molecule has 1 amide bonds. The van der Waals surface area contributed by atoms with E-state index in [0.717, 1.165) is 25.5 Å². The maximum atomic E-state index is 12.1. The summed E-state index contributed by atoms with van der Waals surface area (Å²) in [6, 6.07) is 0. The average Bonchev–Trinajstić information content (AvgIpc) is 2.37. The van der Waals surface area contributed by atoms with Crippen molar-refractivity contribution in [2.75, 3.05) is 12.8 Å². The minimum atomic E-state index is -3.60. The summed E-state index contributed by atoms with van der Waals surface area (Å²) in [6.45, 7) is 5.77. The van der Waals surface area contributed by atoms with Gasteiger partial charge in [-0.05, 0) is 40.0 Å². The van der Waals surface area contributed by atoms with E-state index in [1.165, 1.54) is 4.90 Å². The molecular formula is C12H23NO5S. The number of carbonyl (C=O) groups is 1. The summed E-state index contributed by atoms with van der Waals surface area (Å²) in [5.74, 6) is 0. The Kier molecular flexibility index (Phi) is 5.20. The zero-order valence-corrected chi connectivity index (χ0v) is 12.8. The van der Waals surface area contributed by atoms with Gasteiger partial charge in [0.25, 0.3) is 10.1 Å². The quantitative estimate of drug-likeness (QED) is 0.729. The Morgan fingerprint density at radius 2 is 1.84 bits per heavy atom. The molecule has 0 aliphatic carbocycles. The van der Waals surface area contributed by atoms with Crippen molar-refractivity contribution in [3.05, 3.63) is 0 Å². The lowest BCUT2D eigenvalue weighted by atomic mass is 10.2. The first-order chi connectivity index (χ1) is 8.58. The van der Waals surface area contributed by atoms with E-state index in [1.54, 1.807) is 20.8 Å². The summed E-state index contributed by atoms with van der Waals surface area (Å²) in [6.07, 6.45) is 2.82. The zero-order chi connectivity index (χ0) is 14.7. The van der Waals surface area contributed by atoms with Crippen LogP contribution in [0.5, 0.6) is 0 Å². The minimum Gasteiger partial charge on any atom is -0.444 e. The SMILES string of the molecule is CC(C)(C)OC(=O)N1CCCCCC1OS(C)(=O)=O. The monoisotopic (exact) mass is 293 g/mol. The maximum Gasteiger partial charge on any atom is 0.412 e. The van der Waals surface area contributed by atoms with Crippen LogP contribution >= 0.6 is 0 Å². The molecule has 0 N–H and O–H groups in total. The van der Waals surface area contributed by atoms with E-state index in [9.17, 15) is 13.2 Å². The van der Waals surface area contributed by atoms with Gasteiger partial charge in [-0.3, -0.25) is 4.90 Å². The molecule has 1 aliphatic rings. The Balaban J connectivity index is 2.81. The van der Waals surface area contributed by atoms with E-state index in [1.807, 2.05) is 0 Å². The predicted octanol–water partition coefficient (Wildman–Crippen LogP) is 2.10. The normalized spacial score (nSPS) is 21.9. The van der Waals surface area contributed by atoms with Crippen molar-refractivity contribution in [3.63, 3.8) is 0 Å². The van der Waals surface area contributed by atoms with Gasteiger partial charge in [0.05, 0.1) is 6.26 Å². The van der Waals surface area contributed by atoms with Crippen molar-refractivity contribution in [3.8, 4) is 0 Å². The largest absolute Gasteiger partial charge is 0.444 e. The van der Waals surface area contributed by atoms with Crippen LogP contribution in [0, 0.1) is 0 Å². The van der Waals surface area contributed by atoms with E-state index in [0.29, 0.717) is 13.0 Å². The number of rotatable bonds is 2. The third-order valence-corrected chi connectivity index (χ3v) is 3.18. The molecule has 0 bridgehead atoms. The van der Waals surface area contributed by atoms with Gasteiger partial charge < -0.3 is 4.74 Å². The zero-order valence-electron chi connectivity index (χ0n) is 12.0. The van der Waals surface area contributed by atoms with Gasteiger partial charge in [-0.15, -0.1) is 0 Å². The number of hydrogen-bond acceptors (Lipinski definition) is 5. The van der Waals surface area contributed by atoms with Gasteiger partial charge in [-0.1, -0.05) is 6.42 Å². The molecule has 112 valence electrons. The van der Waals surface area contributed by atoms with Gasteiger partial charge in [0.15, 0.2) is 6.23 Å². The first-order valence-electron chi connectivity index (χ1n) is 6.46. The molecule has 1 fully saturated rings. The van der Waals surface area contributed by atoms with Gasteiger partial charge in [-0.2, -0.15) is 8.42 Å². The van der Waals surface area contributed by atoms with Gasteiger partial charge in [-0.25, -0.2) is 8.98 Å². The van der Waals surface area contributed by atoms with Crippen molar-refractivity contribution in [1.29, 1.82) is 0 Å². The number of amides is 1. The highest BCUT2D eigenvalue weighted by Gasteiger charge is 2.32. The van der Waals surface area contributed by atoms with Crippen molar-refractivity contribution in [2.45, 2.75) is 58.3 Å². The molecule has 0 aromatic heterocycles. The second kappa shape index (κ2) is 6.09. The molecule has 1 atom stereocenters. The summed E-state index contributed by atoms with van der Waals surface area (Å²) in [4.78, 5) is 13.5. The Bertz CT molecular complexity index is 412. The third-order valence-electron chi connectivity index (χ3n) is 2.61. The standard InChI is InChI=1S/C12H23NO5S/c1-12(2,3)17-11(14)13-9-7-5-6-8-10(13)18-19(4,15)16/h10H,5-9H2,1-4H3. The molecule has 0 aromatic carbocycles. The molecule has 7 heteroatoms. The number of likely N-dealkylation sites (tertiary alicyclic amines) is 1. The van der Waals surface area contributed by atoms with E-state index < -0.39 is 28.0 Å². The summed E-state index contributed by atoms with van der Waals surface area (Å²) in [5, 5.41) is 0. The van der Waals surface area contributed by atoms with Crippen molar-refractivity contribution in [2.24, 2.45) is 0 Å². The topological polar surface area (TPSA) is 72.9 Å². The van der Waals surface area contributed by atoms with Crippen LogP contribution in [0.25, 0.3) is 0 Å². The molecular weight excluding hydrogens is 270 g/mol. The van der Waals surface area contributed by atoms with Crippen LogP contribution in [0.15, 0.2) is 0 Å². The van der Waals surface area contributed by atoms with Crippen LogP contribution in [0.1, 0.15) is 46.5 Å². The molecule has 1 rings (SSSR count). The Morgan fingerprint density at radius 3 is 2.37 bits per heavy atom. The highest BCUT2D eigenvalue weighted by molar-refractivity contribution is 7.86. The second-order valence-corrected chi connectivity index (χ2v) is 7.38. The van der Waals surface area contributed by atoms with E-state index >= 15 is 0 Å². The number of nitrogens with zero attached hydrogens (tertiary/aromatic N) is 1. The lowest BCUT2D eigenvalue weighted by Gasteiger charge is -2.31. The first-order valence-corrected chi connectivity index (χ1v) is 8.28. The Hall–Kier alpha value is -0.820. The van der Waals surface area contributed by atoms with Crippen LogP contribution in [0.4, 0.5) is 4.79 Å². The lowest BCUT2D eigenvalue weighted by molar-refractivity contribution is -0.0171. The van der Waals surface area contributed by atoms with E-state index in [-0.39, 0.29) is 0 Å². The fraction of sp³-hybridized carbons (Fsp3) is 0.917. The van der Waals surface area contributed by atoms with Crippen LogP contribution < -0.4 is 0 Å². The highest BCUT2D eigenvalue weighted by Crippen LogP contribution is 2.21. The number of hydrogen-bond donors (Lipinski definition) is 0. The highest BCUT2D eigenvalue weighted by atomic mass is 32.2. The van der Waals surface area contributed by atoms with Gasteiger partial charge in [0.1, 0.15) is 5.60 Å². The van der Waals surface area contributed by atoms with Crippen molar-refractivity contribution >= 4 is 16.2 Å². The number of ether oxygens (including phenoxy) is 1. The van der Waals surface area contributed by atoms with Crippen molar-refractivity contribution in [1.82, 2.24) is 4.90 Å². The third kappa shape index (κ3) is 6.24. The molecule has 0 saturated carbocycles. The molecule has 1 heterocycles. The van der Waals surface area contributed by atoms with Crippen LogP contribution in [-0.2, 0) is 19.0 Å². The van der Waals surface area contributed by atoms with Gasteiger partial charge >= 0.3 is 6.09 Å². The maximum absolute atomic E-state index is 12.1. The fourth-order valence-corrected chi connectivity index (χ4v) is 2.51. The van der Waals surface area contributed by atoms with Crippen LogP contribution in [0.3, 0.4) is 0 Å². The smallest absolute Gasteiger partial charge is 0.412 e. The Labute approximate surface area is 115 Å². The molecule has 0 radical (unpaired) electrons. The van der Waals surface area contributed by atoms with Gasteiger partial charge in [0, 0.05) is 6.54 Å². The van der Waals surface area contributed by atoms with E-state index in [4.69, 9.17) is 8.92 Å². The summed E-state index contributed by atoms with van der Waals surface area (Å²) in [5.41, 5.74) is -0.612. The fourth-order valence-electron chi connectivity index (χ4n) is 1.91. The van der Waals surface area contributed by atoms with Crippen LogP contribution in [-0.4, -0.2) is 44.0 Å². The molecule has 1 aliphatic heterocycles. The predicted molar refractivity (Wildman–Crippen MR) is 71.1 cm³/mol. The molecule has 6 nitrogen and oxygen atoms in total. The second-order valence-electron chi connectivity index (χ2n) is 5.78. The Morgan fingerprint density at radius 1 is 1.21 bits per heavy atom. The minimum absolute atomic E-state index is 0.453. The summed E-state index contributed by atoms with van der Waals surface area (Å²) in [7, 11) is -3.60. The van der Waals surface area contributed by atoms with E-state index in [2.05, 4.69) is 0 Å².